The fraction of sp³-hybridized carbons (Fsp3) is 0.0417. The van der Waals surface area contributed by atoms with Crippen LogP contribution in [0.25, 0.3) is 22.3 Å². The molecule has 0 bridgehead atoms. The Bertz CT molecular complexity index is 1450. The van der Waals surface area contributed by atoms with E-state index >= 15 is 0 Å². The molecule has 0 radical (unpaired) electrons. The van der Waals surface area contributed by atoms with Gasteiger partial charge < -0.3 is 20.1 Å². The average Bonchev–Trinajstić information content (AvgIpc) is 3.48. The molecule has 0 aliphatic rings. The van der Waals surface area contributed by atoms with E-state index in [0.29, 0.717) is 23.6 Å². The maximum atomic E-state index is 13.4. The Kier molecular flexibility index (Phi) is 5.45. The fourth-order valence-corrected chi connectivity index (χ4v) is 4.45. The molecule has 3 heterocycles. The number of carbonyl (C=O) groups excluding carboxylic acids is 1. The smallest absolute Gasteiger partial charge is 0.262 e. The molecule has 0 fully saturated rings. The highest BCUT2D eigenvalue weighted by Crippen LogP contribution is 2.31. The van der Waals surface area contributed by atoms with Gasteiger partial charge in [0.15, 0.2) is 0 Å². The first-order chi connectivity index (χ1) is 16.0. The summed E-state index contributed by atoms with van der Waals surface area (Å²) in [5.41, 5.74) is 3.86. The van der Waals surface area contributed by atoms with Gasteiger partial charge in [0.05, 0.1) is 17.8 Å². The highest BCUT2D eigenvalue weighted by atomic mass is 35.5. The molecule has 33 heavy (non-hydrogen) atoms. The molecule has 5 aromatic rings. The zero-order chi connectivity index (χ0) is 22.9. The van der Waals surface area contributed by atoms with Gasteiger partial charge in [-0.2, -0.15) is 16.3 Å². The van der Waals surface area contributed by atoms with E-state index in [4.69, 9.17) is 11.6 Å². The van der Waals surface area contributed by atoms with Crippen molar-refractivity contribution in [1.29, 1.82) is 0 Å². The number of nitrogens with one attached hydrogen (secondary N) is 1. The van der Waals surface area contributed by atoms with Gasteiger partial charge in [0, 0.05) is 28.9 Å². The third-order valence-electron chi connectivity index (χ3n) is 5.22. The van der Waals surface area contributed by atoms with Gasteiger partial charge in [0.1, 0.15) is 17.1 Å². The monoisotopic (exact) mass is 476 g/mol. The number of aromatic nitrogens is 3. The maximum absolute atomic E-state index is 13.4. The molecule has 2 aromatic carbocycles. The number of fused-ring (bicyclic) bond motifs is 1. The summed E-state index contributed by atoms with van der Waals surface area (Å²) in [4.78, 5) is 26.6. The van der Waals surface area contributed by atoms with Crippen LogP contribution < -0.4 is 4.90 Å². The lowest BCUT2D eigenvalue weighted by atomic mass is 10.1. The zero-order valence-corrected chi connectivity index (χ0v) is 18.6. The molecule has 0 spiro atoms. The van der Waals surface area contributed by atoms with E-state index in [2.05, 4.69) is 15.0 Å². The number of anilines is 1. The zero-order valence-electron chi connectivity index (χ0n) is 17.1. The van der Waals surface area contributed by atoms with Crippen LogP contribution in [0.3, 0.4) is 0 Å². The van der Waals surface area contributed by atoms with E-state index in [1.54, 1.807) is 22.4 Å². The molecular formula is C24H17ClN4O3S. The van der Waals surface area contributed by atoms with E-state index < -0.39 is 0 Å². The second-order valence-electron chi connectivity index (χ2n) is 7.35. The second kappa shape index (κ2) is 8.57. The standard InChI is InChI=1S/C24H17ClN4O3S/c25-24-27-21(19-7-9-26-22(19)28-24)15-1-3-16(4-2-15)29(12-14-8-10-33-13-14)23(32)18-6-5-17(30)11-20(18)31/h1-11,13,30-31H,12H2,(H,26,27,28). The van der Waals surface area contributed by atoms with Gasteiger partial charge in [-0.1, -0.05) is 12.1 Å². The summed E-state index contributed by atoms with van der Waals surface area (Å²) in [6.45, 7) is 0.323. The Hall–Kier alpha value is -3.88. The van der Waals surface area contributed by atoms with Crippen LogP contribution in [0.4, 0.5) is 5.69 Å². The molecule has 0 aliphatic carbocycles. The van der Waals surface area contributed by atoms with E-state index in [1.165, 1.54) is 12.1 Å². The van der Waals surface area contributed by atoms with Crippen LogP contribution in [-0.4, -0.2) is 31.1 Å². The minimum atomic E-state index is -0.385. The summed E-state index contributed by atoms with van der Waals surface area (Å²) >= 11 is 7.63. The first-order valence-corrected chi connectivity index (χ1v) is 11.3. The number of phenolic OH excluding ortho intramolecular Hbond substituents is 2. The summed E-state index contributed by atoms with van der Waals surface area (Å²) in [6.07, 6.45) is 1.78. The molecule has 0 aliphatic heterocycles. The number of thiophene rings is 1. The number of benzene rings is 2. The lowest BCUT2D eigenvalue weighted by Crippen LogP contribution is -2.30. The van der Waals surface area contributed by atoms with E-state index in [1.807, 2.05) is 47.2 Å². The fourth-order valence-electron chi connectivity index (χ4n) is 3.63. The summed E-state index contributed by atoms with van der Waals surface area (Å²) in [6, 6.07) is 15.1. The van der Waals surface area contributed by atoms with Gasteiger partial charge in [-0.15, -0.1) is 0 Å². The third kappa shape index (κ3) is 4.13. The number of hydrogen-bond donors (Lipinski definition) is 3. The van der Waals surface area contributed by atoms with Gasteiger partial charge >= 0.3 is 0 Å². The first kappa shape index (κ1) is 21.0. The van der Waals surface area contributed by atoms with Crippen molar-refractivity contribution >= 4 is 45.6 Å². The van der Waals surface area contributed by atoms with Gasteiger partial charge in [-0.05, 0) is 64.3 Å². The van der Waals surface area contributed by atoms with Crippen LogP contribution in [0.2, 0.25) is 5.28 Å². The second-order valence-corrected chi connectivity index (χ2v) is 8.47. The van der Waals surface area contributed by atoms with Crippen molar-refractivity contribution in [3.05, 3.63) is 88.0 Å². The van der Waals surface area contributed by atoms with E-state index in [0.717, 1.165) is 22.6 Å². The van der Waals surface area contributed by atoms with Gasteiger partial charge in [-0.3, -0.25) is 4.79 Å². The summed E-state index contributed by atoms with van der Waals surface area (Å²) in [5, 5.41) is 24.7. The molecule has 0 saturated heterocycles. The van der Waals surface area contributed by atoms with Crippen LogP contribution in [0.5, 0.6) is 11.5 Å². The summed E-state index contributed by atoms with van der Waals surface area (Å²) in [7, 11) is 0. The molecule has 0 saturated carbocycles. The minimum absolute atomic E-state index is 0.101. The molecule has 3 aromatic heterocycles. The molecule has 7 nitrogen and oxygen atoms in total. The predicted octanol–water partition coefficient (Wildman–Crippen LogP) is 5.60. The Morgan fingerprint density at radius 1 is 1.06 bits per heavy atom. The number of amides is 1. The number of aromatic hydroxyl groups is 2. The topological polar surface area (TPSA) is 102 Å². The van der Waals surface area contributed by atoms with Crippen LogP contribution in [0.15, 0.2) is 71.6 Å². The molecule has 0 unspecified atom stereocenters. The number of halogens is 1. The molecule has 0 atom stereocenters. The molecular weight excluding hydrogens is 460 g/mol. The highest BCUT2D eigenvalue weighted by molar-refractivity contribution is 7.07. The highest BCUT2D eigenvalue weighted by Gasteiger charge is 2.22. The van der Waals surface area contributed by atoms with Crippen LogP contribution in [0, 0.1) is 0 Å². The van der Waals surface area contributed by atoms with Crippen molar-refractivity contribution in [2.45, 2.75) is 6.54 Å². The number of rotatable bonds is 5. The number of nitrogens with zero attached hydrogens (tertiary/aromatic N) is 3. The third-order valence-corrected chi connectivity index (χ3v) is 6.12. The molecule has 1 amide bonds. The van der Waals surface area contributed by atoms with Crippen LogP contribution >= 0.6 is 22.9 Å². The molecule has 164 valence electrons. The predicted molar refractivity (Wildman–Crippen MR) is 129 cm³/mol. The number of phenols is 2. The van der Waals surface area contributed by atoms with Crippen molar-refractivity contribution in [2.75, 3.05) is 4.90 Å². The number of H-pyrrole nitrogens is 1. The lowest BCUT2D eigenvalue weighted by molar-refractivity contribution is 0.0982. The van der Waals surface area contributed by atoms with E-state index in [-0.39, 0.29) is 28.3 Å². The van der Waals surface area contributed by atoms with Crippen molar-refractivity contribution < 1.29 is 15.0 Å². The number of carbonyl (C=O) groups is 1. The van der Waals surface area contributed by atoms with Gasteiger partial charge in [0.2, 0.25) is 5.28 Å². The Labute approximate surface area is 197 Å². The summed E-state index contributed by atoms with van der Waals surface area (Å²) in [5.74, 6) is -0.778. The Morgan fingerprint density at radius 3 is 2.61 bits per heavy atom. The minimum Gasteiger partial charge on any atom is -0.508 e. The Morgan fingerprint density at radius 2 is 1.88 bits per heavy atom. The van der Waals surface area contributed by atoms with Gasteiger partial charge in [-0.25, -0.2) is 4.98 Å². The number of aromatic amines is 1. The van der Waals surface area contributed by atoms with Crippen molar-refractivity contribution in [2.24, 2.45) is 0 Å². The SMILES string of the molecule is O=C(c1ccc(O)cc1O)N(Cc1ccsc1)c1ccc(-c2nc(Cl)nc3[nH]ccc23)cc1. The maximum Gasteiger partial charge on any atom is 0.262 e. The van der Waals surface area contributed by atoms with Gasteiger partial charge in [0.25, 0.3) is 5.91 Å². The van der Waals surface area contributed by atoms with E-state index in [9.17, 15) is 15.0 Å². The molecule has 9 heteroatoms. The average molecular weight is 477 g/mol. The number of hydrogen-bond acceptors (Lipinski definition) is 6. The lowest BCUT2D eigenvalue weighted by Gasteiger charge is -2.23. The van der Waals surface area contributed by atoms with Crippen molar-refractivity contribution in [1.82, 2.24) is 15.0 Å². The molecule has 5 rings (SSSR count). The normalized spacial score (nSPS) is 11.1. The molecule has 3 N–H and O–H groups in total. The largest absolute Gasteiger partial charge is 0.508 e. The first-order valence-electron chi connectivity index (χ1n) is 9.95. The quantitative estimate of drug-likeness (QED) is 0.287. The van der Waals surface area contributed by atoms with Crippen molar-refractivity contribution in [3.63, 3.8) is 0 Å². The Balaban J connectivity index is 1.54. The van der Waals surface area contributed by atoms with Crippen LogP contribution in [0.1, 0.15) is 15.9 Å². The summed E-state index contributed by atoms with van der Waals surface area (Å²) < 4.78 is 0. The van der Waals surface area contributed by atoms with Crippen molar-refractivity contribution in [3.8, 4) is 22.8 Å². The van der Waals surface area contributed by atoms with Crippen LogP contribution in [-0.2, 0) is 6.54 Å².